The van der Waals surface area contributed by atoms with Gasteiger partial charge in [0.25, 0.3) is 5.56 Å². The highest BCUT2D eigenvalue weighted by atomic mass is 16.1. The van der Waals surface area contributed by atoms with Gasteiger partial charge >= 0.3 is 0 Å². The molecule has 1 heterocycles. The van der Waals surface area contributed by atoms with E-state index in [1.807, 2.05) is 30.3 Å². The summed E-state index contributed by atoms with van der Waals surface area (Å²) in [5.74, 6) is 0.498. The predicted molar refractivity (Wildman–Crippen MR) is 91.6 cm³/mol. The van der Waals surface area contributed by atoms with Crippen molar-refractivity contribution in [1.82, 2.24) is 15.2 Å². The molecule has 2 aromatic rings. The summed E-state index contributed by atoms with van der Waals surface area (Å²) >= 11 is 0. The maximum atomic E-state index is 12.2. The van der Waals surface area contributed by atoms with E-state index < -0.39 is 0 Å². The molecule has 1 aromatic carbocycles. The molecule has 0 radical (unpaired) electrons. The lowest BCUT2D eigenvalue weighted by atomic mass is 9.97. The third kappa shape index (κ3) is 4.65. The Morgan fingerprint density at radius 2 is 1.70 bits per heavy atom. The van der Waals surface area contributed by atoms with Crippen LogP contribution < -0.4 is 10.9 Å². The van der Waals surface area contributed by atoms with E-state index in [0.29, 0.717) is 24.1 Å². The van der Waals surface area contributed by atoms with Gasteiger partial charge in [-0.25, -0.2) is 0 Å². The molecule has 0 atom stereocenters. The fourth-order valence-electron chi connectivity index (χ4n) is 3.12. The lowest BCUT2D eigenvalue weighted by Crippen LogP contribution is -2.26. The zero-order valence-electron chi connectivity index (χ0n) is 13.4. The van der Waals surface area contributed by atoms with Gasteiger partial charge in [-0.2, -0.15) is 0 Å². The Hall–Kier alpha value is -2.17. The van der Waals surface area contributed by atoms with Crippen LogP contribution in [0.15, 0.2) is 35.1 Å². The standard InChI is InChI=1S/C18H24N4O/c23-17-16(13-14-9-5-4-6-10-14)21-22-18(20-17)19-15-11-7-2-1-3-8-12-15/h4-6,9-10,15H,1-3,7-8,11-13H2,(H2,19,20,22,23). The molecule has 2 N–H and O–H groups in total. The van der Waals surface area contributed by atoms with Gasteiger partial charge in [0.15, 0.2) is 0 Å². The molecule has 0 unspecified atom stereocenters. The van der Waals surface area contributed by atoms with Crippen molar-refractivity contribution in [3.8, 4) is 0 Å². The maximum absolute atomic E-state index is 12.2. The number of rotatable bonds is 4. The van der Waals surface area contributed by atoms with E-state index in [9.17, 15) is 4.79 Å². The lowest BCUT2D eigenvalue weighted by Gasteiger charge is -2.20. The summed E-state index contributed by atoms with van der Waals surface area (Å²) in [6, 6.07) is 10.2. The monoisotopic (exact) mass is 312 g/mol. The Labute approximate surface area is 136 Å². The van der Waals surface area contributed by atoms with E-state index in [2.05, 4.69) is 20.5 Å². The van der Waals surface area contributed by atoms with Gasteiger partial charge in [0, 0.05) is 12.5 Å². The van der Waals surface area contributed by atoms with Crippen molar-refractivity contribution >= 4 is 5.95 Å². The van der Waals surface area contributed by atoms with Crippen molar-refractivity contribution in [2.24, 2.45) is 0 Å². The fourth-order valence-corrected chi connectivity index (χ4v) is 3.12. The Morgan fingerprint density at radius 1 is 1.00 bits per heavy atom. The van der Waals surface area contributed by atoms with Crippen LogP contribution in [0.5, 0.6) is 0 Å². The number of benzene rings is 1. The van der Waals surface area contributed by atoms with Crippen LogP contribution in [0.2, 0.25) is 0 Å². The molecule has 1 saturated carbocycles. The third-order valence-electron chi connectivity index (χ3n) is 4.43. The van der Waals surface area contributed by atoms with Gasteiger partial charge < -0.3 is 5.32 Å². The van der Waals surface area contributed by atoms with Gasteiger partial charge in [-0.15, -0.1) is 10.2 Å². The Balaban J connectivity index is 1.65. The molecule has 1 aliphatic carbocycles. The number of H-pyrrole nitrogens is 1. The topological polar surface area (TPSA) is 70.7 Å². The highest BCUT2D eigenvalue weighted by Gasteiger charge is 2.13. The fraction of sp³-hybridized carbons (Fsp3) is 0.500. The first-order chi connectivity index (χ1) is 11.3. The van der Waals surface area contributed by atoms with E-state index in [1.54, 1.807) is 0 Å². The first-order valence-corrected chi connectivity index (χ1v) is 8.57. The average Bonchev–Trinajstić information content (AvgIpc) is 2.53. The average molecular weight is 312 g/mol. The maximum Gasteiger partial charge on any atom is 0.274 e. The largest absolute Gasteiger partial charge is 0.352 e. The molecule has 1 aliphatic rings. The number of nitrogens with zero attached hydrogens (tertiary/aromatic N) is 2. The van der Waals surface area contributed by atoms with Crippen LogP contribution in [0.1, 0.15) is 56.2 Å². The molecule has 5 nitrogen and oxygen atoms in total. The van der Waals surface area contributed by atoms with Gasteiger partial charge in [-0.05, 0) is 18.4 Å². The summed E-state index contributed by atoms with van der Waals surface area (Å²) in [6.07, 6.45) is 9.20. The summed E-state index contributed by atoms with van der Waals surface area (Å²) in [4.78, 5) is 15.1. The SMILES string of the molecule is O=c1[nH]c(NC2CCCCCCC2)nnc1Cc1ccccc1. The van der Waals surface area contributed by atoms with E-state index in [1.165, 1.54) is 32.1 Å². The van der Waals surface area contributed by atoms with Crippen LogP contribution in [0, 0.1) is 0 Å². The van der Waals surface area contributed by atoms with Crippen molar-refractivity contribution in [3.05, 3.63) is 51.9 Å². The van der Waals surface area contributed by atoms with E-state index in [4.69, 9.17) is 0 Å². The summed E-state index contributed by atoms with van der Waals surface area (Å²) in [5.41, 5.74) is 1.37. The van der Waals surface area contributed by atoms with Crippen molar-refractivity contribution in [2.45, 2.75) is 57.4 Å². The molecular formula is C18H24N4O. The molecule has 0 spiro atoms. The molecule has 0 saturated heterocycles. The van der Waals surface area contributed by atoms with Crippen LogP contribution in [0.4, 0.5) is 5.95 Å². The summed E-state index contributed by atoms with van der Waals surface area (Å²) < 4.78 is 0. The van der Waals surface area contributed by atoms with Gasteiger partial charge in [0.2, 0.25) is 5.95 Å². The Morgan fingerprint density at radius 3 is 2.39 bits per heavy atom. The highest BCUT2D eigenvalue weighted by molar-refractivity contribution is 5.25. The highest BCUT2D eigenvalue weighted by Crippen LogP contribution is 2.19. The van der Waals surface area contributed by atoms with Gasteiger partial charge in [-0.1, -0.05) is 62.4 Å². The normalized spacial score (nSPS) is 16.5. The van der Waals surface area contributed by atoms with Crippen molar-refractivity contribution < 1.29 is 0 Å². The number of nitrogens with one attached hydrogen (secondary N) is 2. The second-order valence-electron chi connectivity index (χ2n) is 6.30. The Kier molecular flexibility index (Phi) is 5.40. The Bertz CT molecular complexity index is 660. The lowest BCUT2D eigenvalue weighted by molar-refractivity contribution is 0.469. The second kappa shape index (κ2) is 7.90. The minimum absolute atomic E-state index is 0.155. The minimum Gasteiger partial charge on any atom is -0.352 e. The van der Waals surface area contributed by atoms with Crippen LogP contribution in [-0.2, 0) is 6.42 Å². The quantitative estimate of drug-likeness (QED) is 0.909. The molecule has 122 valence electrons. The molecular weight excluding hydrogens is 288 g/mol. The predicted octanol–water partition coefficient (Wildman–Crippen LogP) is 3.28. The first-order valence-electron chi connectivity index (χ1n) is 8.57. The van der Waals surface area contributed by atoms with Crippen LogP contribution in [0.25, 0.3) is 0 Å². The minimum atomic E-state index is -0.155. The van der Waals surface area contributed by atoms with E-state index in [0.717, 1.165) is 18.4 Å². The van der Waals surface area contributed by atoms with Gasteiger partial charge in [0.05, 0.1) is 0 Å². The van der Waals surface area contributed by atoms with Crippen molar-refractivity contribution in [3.63, 3.8) is 0 Å². The summed E-state index contributed by atoms with van der Waals surface area (Å²) in [6.45, 7) is 0. The molecule has 1 fully saturated rings. The van der Waals surface area contributed by atoms with Crippen LogP contribution in [-0.4, -0.2) is 21.2 Å². The molecule has 23 heavy (non-hydrogen) atoms. The molecule has 1 aromatic heterocycles. The van der Waals surface area contributed by atoms with Crippen molar-refractivity contribution in [1.29, 1.82) is 0 Å². The molecule has 3 rings (SSSR count). The molecule has 0 bridgehead atoms. The van der Waals surface area contributed by atoms with Crippen LogP contribution in [0.3, 0.4) is 0 Å². The first kappa shape index (κ1) is 15.7. The number of hydrogen-bond donors (Lipinski definition) is 2. The molecule has 5 heteroatoms. The second-order valence-corrected chi connectivity index (χ2v) is 6.30. The van der Waals surface area contributed by atoms with Crippen LogP contribution >= 0.6 is 0 Å². The number of anilines is 1. The van der Waals surface area contributed by atoms with Gasteiger partial charge in [0.1, 0.15) is 5.69 Å². The summed E-state index contributed by atoms with van der Waals surface area (Å²) in [7, 11) is 0. The molecule has 0 amide bonds. The summed E-state index contributed by atoms with van der Waals surface area (Å²) in [5, 5.41) is 11.6. The zero-order valence-corrected chi connectivity index (χ0v) is 13.4. The van der Waals surface area contributed by atoms with Crippen molar-refractivity contribution in [2.75, 3.05) is 5.32 Å². The van der Waals surface area contributed by atoms with E-state index in [-0.39, 0.29) is 5.56 Å². The van der Waals surface area contributed by atoms with Gasteiger partial charge in [-0.3, -0.25) is 9.78 Å². The smallest absolute Gasteiger partial charge is 0.274 e. The number of aromatic nitrogens is 3. The molecule has 0 aliphatic heterocycles. The zero-order chi connectivity index (χ0) is 15.9. The number of hydrogen-bond acceptors (Lipinski definition) is 4. The van der Waals surface area contributed by atoms with E-state index >= 15 is 0 Å². The number of aromatic amines is 1. The third-order valence-corrected chi connectivity index (χ3v) is 4.43.